The number of para-hydroxylation sites is 2. The largest absolute Gasteiger partial charge is 0.480 e. The van der Waals surface area contributed by atoms with E-state index in [2.05, 4.69) is 5.32 Å². The summed E-state index contributed by atoms with van der Waals surface area (Å²) < 4.78 is 5.14. The normalized spacial score (nSPS) is 14.2. The predicted octanol–water partition coefficient (Wildman–Crippen LogP) is 1.22. The second-order valence-corrected chi connectivity index (χ2v) is 5.95. The fraction of sp³-hybridized carbons (Fsp3) is 0.211. The number of nitrogens with zero attached hydrogens (tertiary/aromatic N) is 1. The Morgan fingerprint density at radius 3 is 2.54 bits per heavy atom. The van der Waals surface area contributed by atoms with E-state index in [0.29, 0.717) is 11.4 Å². The predicted molar refractivity (Wildman–Crippen MR) is 94.0 cm³/mol. The molecule has 0 fully saturated rings. The second-order valence-electron chi connectivity index (χ2n) is 5.95. The highest BCUT2D eigenvalue weighted by molar-refractivity contribution is 5.91. The minimum atomic E-state index is -1.11. The highest BCUT2D eigenvalue weighted by atomic mass is 16.5. The molecule has 0 bridgehead atoms. The number of fused-ring (bicyclic) bond motifs is 1. The van der Waals surface area contributed by atoms with Gasteiger partial charge in [-0.15, -0.1) is 0 Å². The SMILES string of the molecule is O=C(CN1CC(=O)Oc2ccccc21)NC(Cc1ccccc1)C(=O)O. The van der Waals surface area contributed by atoms with Crippen LogP contribution < -0.4 is 15.0 Å². The third-order valence-electron chi connectivity index (χ3n) is 4.00. The molecule has 26 heavy (non-hydrogen) atoms. The molecular formula is C19H18N2O5. The number of anilines is 1. The maximum Gasteiger partial charge on any atom is 0.331 e. The van der Waals surface area contributed by atoms with Crippen LogP contribution in [0.2, 0.25) is 0 Å². The smallest absolute Gasteiger partial charge is 0.331 e. The maximum atomic E-state index is 12.4. The minimum Gasteiger partial charge on any atom is -0.480 e. The number of hydrogen-bond donors (Lipinski definition) is 2. The zero-order valence-electron chi connectivity index (χ0n) is 13.9. The minimum absolute atomic E-state index is 0.0686. The van der Waals surface area contributed by atoms with E-state index in [4.69, 9.17) is 4.74 Å². The van der Waals surface area contributed by atoms with Crippen LogP contribution in [0.3, 0.4) is 0 Å². The summed E-state index contributed by atoms with van der Waals surface area (Å²) in [6.45, 7) is -0.203. The van der Waals surface area contributed by atoms with Gasteiger partial charge in [-0.1, -0.05) is 42.5 Å². The fourth-order valence-electron chi connectivity index (χ4n) is 2.80. The third-order valence-corrected chi connectivity index (χ3v) is 4.00. The lowest BCUT2D eigenvalue weighted by molar-refractivity contribution is -0.141. The van der Waals surface area contributed by atoms with E-state index in [1.54, 1.807) is 41.3 Å². The molecule has 134 valence electrons. The molecule has 0 radical (unpaired) electrons. The molecule has 2 aromatic carbocycles. The van der Waals surface area contributed by atoms with Crippen LogP contribution in [-0.4, -0.2) is 42.1 Å². The van der Waals surface area contributed by atoms with Crippen LogP contribution in [0.25, 0.3) is 0 Å². The van der Waals surface area contributed by atoms with Crippen molar-refractivity contribution in [3.8, 4) is 5.75 Å². The molecule has 0 aromatic heterocycles. The van der Waals surface area contributed by atoms with Crippen LogP contribution in [0, 0.1) is 0 Å². The number of carbonyl (C=O) groups excluding carboxylic acids is 2. The molecule has 0 saturated carbocycles. The van der Waals surface area contributed by atoms with Gasteiger partial charge in [0, 0.05) is 6.42 Å². The van der Waals surface area contributed by atoms with E-state index >= 15 is 0 Å². The Hall–Kier alpha value is -3.35. The summed E-state index contributed by atoms with van der Waals surface area (Å²) >= 11 is 0. The Kier molecular flexibility index (Phi) is 5.17. The highest BCUT2D eigenvalue weighted by Gasteiger charge is 2.27. The number of amides is 1. The molecule has 1 amide bonds. The Balaban J connectivity index is 1.67. The van der Waals surface area contributed by atoms with Gasteiger partial charge in [-0.2, -0.15) is 0 Å². The lowest BCUT2D eigenvalue weighted by Crippen LogP contribution is -2.48. The van der Waals surface area contributed by atoms with Gasteiger partial charge in [-0.05, 0) is 17.7 Å². The Morgan fingerprint density at radius 2 is 1.81 bits per heavy atom. The molecule has 7 nitrogen and oxygen atoms in total. The van der Waals surface area contributed by atoms with Crippen molar-refractivity contribution in [2.24, 2.45) is 0 Å². The number of benzene rings is 2. The average molecular weight is 354 g/mol. The van der Waals surface area contributed by atoms with E-state index in [1.165, 1.54) is 0 Å². The molecule has 0 spiro atoms. The van der Waals surface area contributed by atoms with Crippen molar-refractivity contribution in [3.63, 3.8) is 0 Å². The second kappa shape index (κ2) is 7.69. The molecule has 1 unspecified atom stereocenters. The van der Waals surface area contributed by atoms with Gasteiger partial charge in [0.15, 0.2) is 5.75 Å². The van der Waals surface area contributed by atoms with E-state index in [9.17, 15) is 19.5 Å². The summed E-state index contributed by atoms with van der Waals surface area (Å²) in [5, 5.41) is 11.9. The topological polar surface area (TPSA) is 95.9 Å². The van der Waals surface area contributed by atoms with Crippen LogP contribution in [-0.2, 0) is 20.8 Å². The first-order valence-corrected chi connectivity index (χ1v) is 8.13. The lowest BCUT2D eigenvalue weighted by Gasteiger charge is -2.29. The Bertz CT molecular complexity index is 822. The number of carbonyl (C=O) groups is 3. The summed E-state index contributed by atoms with van der Waals surface area (Å²) in [6.07, 6.45) is 0.181. The summed E-state index contributed by atoms with van der Waals surface area (Å²) in [4.78, 5) is 37.1. The van der Waals surface area contributed by atoms with Crippen LogP contribution >= 0.6 is 0 Å². The van der Waals surface area contributed by atoms with Crippen molar-refractivity contribution < 1.29 is 24.2 Å². The van der Waals surface area contributed by atoms with E-state index < -0.39 is 23.9 Å². The first kappa shape index (κ1) is 17.5. The highest BCUT2D eigenvalue weighted by Crippen LogP contribution is 2.30. The van der Waals surface area contributed by atoms with Gasteiger partial charge in [0.05, 0.1) is 12.2 Å². The zero-order chi connectivity index (χ0) is 18.5. The van der Waals surface area contributed by atoms with Crippen molar-refractivity contribution in [2.45, 2.75) is 12.5 Å². The third kappa shape index (κ3) is 4.18. The van der Waals surface area contributed by atoms with E-state index in [0.717, 1.165) is 5.56 Å². The van der Waals surface area contributed by atoms with Gasteiger partial charge in [-0.3, -0.25) is 4.79 Å². The number of ether oxygens (including phenoxy) is 1. The molecule has 1 aliphatic heterocycles. The van der Waals surface area contributed by atoms with Gasteiger partial charge < -0.3 is 20.1 Å². The maximum absolute atomic E-state index is 12.4. The number of aliphatic carboxylic acids is 1. The van der Waals surface area contributed by atoms with Gasteiger partial charge in [0.1, 0.15) is 12.6 Å². The molecule has 1 heterocycles. The van der Waals surface area contributed by atoms with Crippen molar-refractivity contribution >= 4 is 23.5 Å². The number of esters is 1. The summed E-state index contributed by atoms with van der Waals surface area (Å²) in [6, 6.07) is 14.9. The van der Waals surface area contributed by atoms with Crippen molar-refractivity contribution in [3.05, 3.63) is 60.2 Å². The number of nitrogens with one attached hydrogen (secondary N) is 1. The molecule has 2 N–H and O–H groups in total. The number of rotatable bonds is 6. The zero-order valence-corrected chi connectivity index (χ0v) is 13.9. The monoisotopic (exact) mass is 354 g/mol. The molecule has 1 atom stereocenters. The Morgan fingerprint density at radius 1 is 1.12 bits per heavy atom. The first-order valence-electron chi connectivity index (χ1n) is 8.13. The van der Waals surface area contributed by atoms with Crippen LogP contribution in [0.4, 0.5) is 5.69 Å². The quantitative estimate of drug-likeness (QED) is 0.598. The summed E-state index contributed by atoms with van der Waals surface area (Å²) in [5.74, 6) is -1.66. The molecule has 3 rings (SSSR count). The van der Waals surface area contributed by atoms with Gasteiger partial charge in [0.2, 0.25) is 5.91 Å². The summed E-state index contributed by atoms with van der Waals surface area (Å²) in [5.41, 5.74) is 1.43. The standard InChI is InChI=1S/C19H18N2O5/c22-17(20-14(19(24)25)10-13-6-2-1-3-7-13)11-21-12-18(23)26-16-9-5-4-8-15(16)21/h1-9,14H,10-12H2,(H,20,22)(H,24,25). The lowest BCUT2D eigenvalue weighted by atomic mass is 10.1. The molecule has 2 aromatic rings. The number of carboxylic acid groups (broad SMARTS) is 1. The first-order chi connectivity index (χ1) is 12.5. The fourth-order valence-corrected chi connectivity index (χ4v) is 2.80. The number of hydrogen-bond acceptors (Lipinski definition) is 5. The Labute approximate surface area is 150 Å². The van der Waals surface area contributed by atoms with Crippen LogP contribution in [0.5, 0.6) is 5.75 Å². The molecular weight excluding hydrogens is 336 g/mol. The van der Waals surface area contributed by atoms with E-state index in [1.807, 2.05) is 18.2 Å². The van der Waals surface area contributed by atoms with Crippen LogP contribution in [0.15, 0.2) is 54.6 Å². The van der Waals surface area contributed by atoms with Gasteiger partial charge in [0.25, 0.3) is 0 Å². The molecule has 1 aliphatic rings. The molecule has 0 aliphatic carbocycles. The average Bonchev–Trinajstić information content (AvgIpc) is 2.61. The summed E-state index contributed by atoms with van der Waals surface area (Å²) in [7, 11) is 0. The van der Waals surface area contributed by atoms with E-state index in [-0.39, 0.29) is 19.5 Å². The van der Waals surface area contributed by atoms with Crippen molar-refractivity contribution in [1.29, 1.82) is 0 Å². The van der Waals surface area contributed by atoms with Crippen LogP contribution in [0.1, 0.15) is 5.56 Å². The van der Waals surface area contributed by atoms with Gasteiger partial charge in [-0.25, -0.2) is 9.59 Å². The molecule has 7 heteroatoms. The van der Waals surface area contributed by atoms with Crippen molar-refractivity contribution in [1.82, 2.24) is 5.32 Å². The van der Waals surface area contributed by atoms with Crippen molar-refractivity contribution in [2.75, 3.05) is 18.0 Å². The number of carboxylic acids is 1. The van der Waals surface area contributed by atoms with Gasteiger partial charge >= 0.3 is 11.9 Å². The molecule has 0 saturated heterocycles.